The highest BCUT2D eigenvalue weighted by atomic mass is 127. The van der Waals surface area contributed by atoms with E-state index in [4.69, 9.17) is 0 Å². The number of hydrogen-bond donors (Lipinski definition) is 2. The molecule has 2 heterocycles. The summed E-state index contributed by atoms with van der Waals surface area (Å²) in [4.78, 5) is 4.23. The highest BCUT2D eigenvalue weighted by Crippen LogP contribution is 2.07. The molecule has 0 radical (unpaired) electrons. The van der Waals surface area contributed by atoms with Crippen molar-refractivity contribution in [1.82, 2.24) is 20.4 Å². The molecule has 126 valence electrons. The maximum atomic E-state index is 4.57. The monoisotopic (exact) mass is 453 g/mol. The average molecular weight is 453 g/mol. The van der Waals surface area contributed by atoms with Crippen molar-refractivity contribution in [3.63, 3.8) is 0 Å². The number of para-hydroxylation sites is 1. The Bertz CT molecular complexity index is 752. The van der Waals surface area contributed by atoms with Gasteiger partial charge in [0, 0.05) is 19.8 Å². The molecule has 0 atom stereocenters. The zero-order valence-corrected chi connectivity index (χ0v) is 16.5. The molecule has 2 N–H and O–H groups in total. The molecule has 24 heavy (non-hydrogen) atoms. The van der Waals surface area contributed by atoms with Gasteiger partial charge < -0.3 is 10.6 Å². The van der Waals surface area contributed by atoms with E-state index in [0.717, 1.165) is 23.9 Å². The lowest BCUT2D eigenvalue weighted by Crippen LogP contribution is -2.36. The molecule has 0 fully saturated rings. The number of benzene rings is 1. The Balaban J connectivity index is 0.00000208. The van der Waals surface area contributed by atoms with E-state index in [2.05, 4.69) is 37.6 Å². The van der Waals surface area contributed by atoms with Gasteiger partial charge in [0.2, 0.25) is 0 Å². The lowest BCUT2D eigenvalue weighted by molar-refractivity contribution is 0.769. The first-order chi connectivity index (χ1) is 11.3. The van der Waals surface area contributed by atoms with Crippen LogP contribution in [0.3, 0.4) is 0 Å². The van der Waals surface area contributed by atoms with E-state index in [1.54, 1.807) is 18.4 Å². The van der Waals surface area contributed by atoms with Crippen molar-refractivity contribution >= 4 is 41.3 Å². The van der Waals surface area contributed by atoms with Gasteiger partial charge in [-0.05, 0) is 40.6 Å². The molecule has 0 saturated heterocycles. The minimum atomic E-state index is 0. The van der Waals surface area contributed by atoms with Gasteiger partial charge >= 0.3 is 0 Å². The SMILES string of the molecule is CN=C(NCc1ccsc1)NCc1ccn(-c2ccccc2)n1.I. The summed E-state index contributed by atoms with van der Waals surface area (Å²) in [6, 6.07) is 14.2. The lowest BCUT2D eigenvalue weighted by Gasteiger charge is -2.10. The number of nitrogens with one attached hydrogen (secondary N) is 2. The van der Waals surface area contributed by atoms with Crippen LogP contribution in [0, 0.1) is 0 Å². The molecule has 0 aliphatic carbocycles. The summed E-state index contributed by atoms with van der Waals surface area (Å²) in [6.45, 7) is 1.39. The second-order valence-corrected chi connectivity index (χ2v) is 5.78. The van der Waals surface area contributed by atoms with Crippen molar-refractivity contribution in [1.29, 1.82) is 0 Å². The van der Waals surface area contributed by atoms with Crippen molar-refractivity contribution in [2.75, 3.05) is 7.05 Å². The first kappa shape index (κ1) is 18.5. The van der Waals surface area contributed by atoms with Crippen molar-refractivity contribution in [3.05, 3.63) is 70.7 Å². The molecule has 0 spiro atoms. The Morgan fingerprint density at radius 3 is 2.62 bits per heavy atom. The fourth-order valence-electron chi connectivity index (χ4n) is 2.15. The van der Waals surface area contributed by atoms with Crippen LogP contribution < -0.4 is 10.6 Å². The summed E-state index contributed by atoms with van der Waals surface area (Å²) in [7, 11) is 1.77. The van der Waals surface area contributed by atoms with E-state index in [9.17, 15) is 0 Å². The van der Waals surface area contributed by atoms with E-state index in [0.29, 0.717) is 6.54 Å². The first-order valence-electron chi connectivity index (χ1n) is 7.41. The predicted octanol–water partition coefficient (Wildman–Crippen LogP) is 3.42. The minimum Gasteiger partial charge on any atom is -0.352 e. The molecule has 1 aromatic carbocycles. The molecule has 7 heteroatoms. The van der Waals surface area contributed by atoms with E-state index in [-0.39, 0.29) is 24.0 Å². The normalized spacial score (nSPS) is 11.0. The zero-order chi connectivity index (χ0) is 15.9. The second-order valence-electron chi connectivity index (χ2n) is 5.00. The van der Waals surface area contributed by atoms with Crippen LogP contribution in [-0.4, -0.2) is 22.8 Å². The molecule has 0 unspecified atom stereocenters. The summed E-state index contributed by atoms with van der Waals surface area (Å²) in [5.41, 5.74) is 3.28. The molecule has 0 aliphatic heterocycles. The van der Waals surface area contributed by atoms with Crippen LogP contribution in [-0.2, 0) is 13.1 Å². The smallest absolute Gasteiger partial charge is 0.191 e. The Kier molecular flexibility index (Phi) is 7.26. The van der Waals surface area contributed by atoms with Gasteiger partial charge in [-0.2, -0.15) is 16.4 Å². The minimum absolute atomic E-state index is 0. The molecule has 3 rings (SSSR count). The van der Waals surface area contributed by atoms with Crippen LogP contribution in [0.2, 0.25) is 0 Å². The highest BCUT2D eigenvalue weighted by Gasteiger charge is 2.03. The first-order valence-corrected chi connectivity index (χ1v) is 8.35. The maximum Gasteiger partial charge on any atom is 0.191 e. The van der Waals surface area contributed by atoms with Crippen molar-refractivity contribution in [3.8, 4) is 5.69 Å². The van der Waals surface area contributed by atoms with E-state index in [1.165, 1.54) is 5.56 Å². The number of nitrogens with zero attached hydrogens (tertiary/aromatic N) is 3. The Morgan fingerprint density at radius 2 is 1.92 bits per heavy atom. The Hall–Kier alpha value is -1.87. The van der Waals surface area contributed by atoms with Crippen LogP contribution in [0.1, 0.15) is 11.3 Å². The number of aliphatic imine (C=N–C) groups is 1. The van der Waals surface area contributed by atoms with Crippen LogP contribution in [0.25, 0.3) is 5.69 Å². The van der Waals surface area contributed by atoms with E-state index < -0.39 is 0 Å². The molecule has 0 bridgehead atoms. The Labute approximate surface area is 162 Å². The molecular formula is C17H20IN5S. The van der Waals surface area contributed by atoms with Gasteiger partial charge in [0.05, 0.1) is 17.9 Å². The largest absolute Gasteiger partial charge is 0.352 e. The third-order valence-electron chi connectivity index (χ3n) is 3.37. The molecule has 3 aromatic rings. The van der Waals surface area contributed by atoms with Crippen LogP contribution >= 0.6 is 35.3 Å². The summed E-state index contributed by atoms with van der Waals surface area (Å²) < 4.78 is 1.87. The number of rotatable bonds is 5. The van der Waals surface area contributed by atoms with Crippen LogP contribution in [0.15, 0.2) is 64.4 Å². The number of hydrogen-bond acceptors (Lipinski definition) is 3. The van der Waals surface area contributed by atoms with Gasteiger partial charge in [0.15, 0.2) is 5.96 Å². The van der Waals surface area contributed by atoms with Gasteiger partial charge in [0.1, 0.15) is 0 Å². The van der Waals surface area contributed by atoms with Gasteiger partial charge in [-0.1, -0.05) is 18.2 Å². The summed E-state index contributed by atoms with van der Waals surface area (Å²) in [5.74, 6) is 0.769. The topological polar surface area (TPSA) is 54.2 Å². The summed E-state index contributed by atoms with van der Waals surface area (Å²) >= 11 is 1.70. The number of halogens is 1. The quantitative estimate of drug-likeness (QED) is 0.354. The van der Waals surface area contributed by atoms with Crippen LogP contribution in [0.5, 0.6) is 0 Å². The van der Waals surface area contributed by atoms with Crippen molar-refractivity contribution in [2.24, 2.45) is 4.99 Å². The van der Waals surface area contributed by atoms with Crippen molar-refractivity contribution in [2.45, 2.75) is 13.1 Å². The predicted molar refractivity (Wildman–Crippen MR) is 110 cm³/mol. The number of aromatic nitrogens is 2. The fraction of sp³-hybridized carbons (Fsp3) is 0.176. The molecule has 0 saturated carbocycles. The molecule has 0 aliphatic rings. The van der Waals surface area contributed by atoms with E-state index >= 15 is 0 Å². The third-order valence-corrected chi connectivity index (χ3v) is 4.10. The molecule has 2 aromatic heterocycles. The Morgan fingerprint density at radius 1 is 1.12 bits per heavy atom. The lowest BCUT2D eigenvalue weighted by atomic mass is 10.3. The zero-order valence-electron chi connectivity index (χ0n) is 13.3. The van der Waals surface area contributed by atoms with Gasteiger partial charge in [0.25, 0.3) is 0 Å². The van der Waals surface area contributed by atoms with Crippen molar-refractivity contribution < 1.29 is 0 Å². The number of guanidine groups is 1. The van der Waals surface area contributed by atoms with Gasteiger partial charge in [-0.3, -0.25) is 4.99 Å². The van der Waals surface area contributed by atoms with E-state index in [1.807, 2.05) is 47.3 Å². The standard InChI is InChI=1S/C17H19N5S.HI/c1-18-17(19-11-14-8-10-23-13-14)20-12-15-7-9-22(21-15)16-5-3-2-4-6-16;/h2-10,13H,11-12H2,1H3,(H2,18,19,20);1H. The molecule has 0 amide bonds. The second kappa shape index (κ2) is 9.43. The highest BCUT2D eigenvalue weighted by molar-refractivity contribution is 14.0. The molecule has 5 nitrogen and oxygen atoms in total. The third kappa shape index (κ3) is 5.07. The maximum absolute atomic E-state index is 4.57. The summed E-state index contributed by atoms with van der Waals surface area (Å²) in [6.07, 6.45) is 1.97. The summed E-state index contributed by atoms with van der Waals surface area (Å²) in [5, 5.41) is 15.3. The molecular weight excluding hydrogens is 433 g/mol. The fourth-order valence-corrected chi connectivity index (χ4v) is 2.82. The number of thiophene rings is 1. The average Bonchev–Trinajstić information content (AvgIpc) is 3.27. The van der Waals surface area contributed by atoms with Gasteiger partial charge in [-0.25, -0.2) is 4.68 Å². The van der Waals surface area contributed by atoms with Crippen LogP contribution in [0.4, 0.5) is 0 Å². The van der Waals surface area contributed by atoms with Gasteiger partial charge in [-0.15, -0.1) is 24.0 Å².